The SMILES string of the molecule is CC1(C)CC(=O)C2=C(C1)OC(N)=C(C#N)[C@@H]2c1ccc(-c2ccccc2C#N)o1. The maximum atomic E-state index is 13.0. The number of carbonyl (C=O) groups is 1. The average molecular weight is 385 g/mol. The van der Waals surface area contributed by atoms with Gasteiger partial charge in [0.15, 0.2) is 5.78 Å². The molecule has 0 unspecified atom stereocenters. The summed E-state index contributed by atoms with van der Waals surface area (Å²) in [5, 5.41) is 19.1. The highest BCUT2D eigenvalue weighted by Gasteiger charge is 2.44. The van der Waals surface area contributed by atoms with E-state index in [-0.39, 0.29) is 22.7 Å². The van der Waals surface area contributed by atoms with Gasteiger partial charge in [0, 0.05) is 24.0 Å². The monoisotopic (exact) mass is 385 g/mol. The minimum atomic E-state index is -0.713. The van der Waals surface area contributed by atoms with Gasteiger partial charge in [-0.05, 0) is 29.7 Å². The molecular formula is C23H19N3O3. The molecule has 1 atom stereocenters. The summed E-state index contributed by atoms with van der Waals surface area (Å²) in [4.78, 5) is 13.0. The first-order chi connectivity index (χ1) is 13.8. The summed E-state index contributed by atoms with van der Waals surface area (Å²) in [5.74, 6) is 0.633. The zero-order chi connectivity index (χ0) is 20.8. The number of ether oxygens (including phenoxy) is 1. The van der Waals surface area contributed by atoms with Crippen LogP contribution in [0.15, 0.2) is 63.6 Å². The van der Waals surface area contributed by atoms with E-state index in [2.05, 4.69) is 12.1 Å². The van der Waals surface area contributed by atoms with Crippen LogP contribution in [0.25, 0.3) is 11.3 Å². The second-order valence-electron chi connectivity index (χ2n) is 8.06. The van der Waals surface area contributed by atoms with Gasteiger partial charge in [0.2, 0.25) is 5.88 Å². The van der Waals surface area contributed by atoms with Crippen LogP contribution in [0.3, 0.4) is 0 Å². The molecule has 0 bridgehead atoms. The van der Waals surface area contributed by atoms with E-state index in [1.807, 2.05) is 19.9 Å². The molecule has 4 rings (SSSR count). The average Bonchev–Trinajstić information content (AvgIpc) is 3.15. The molecule has 1 aliphatic heterocycles. The fourth-order valence-corrected chi connectivity index (χ4v) is 4.02. The molecule has 29 heavy (non-hydrogen) atoms. The van der Waals surface area contributed by atoms with E-state index in [1.165, 1.54) is 0 Å². The van der Waals surface area contributed by atoms with Gasteiger partial charge < -0.3 is 14.9 Å². The molecule has 1 aliphatic carbocycles. The van der Waals surface area contributed by atoms with Crippen LogP contribution in [-0.2, 0) is 9.53 Å². The number of benzene rings is 1. The third-order valence-electron chi connectivity index (χ3n) is 5.30. The normalized spacial score (nSPS) is 20.6. The van der Waals surface area contributed by atoms with Crippen LogP contribution in [0.2, 0.25) is 0 Å². The number of ketones is 1. The fraction of sp³-hybridized carbons (Fsp3) is 0.261. The summed E-state index contributed by atoms with van der Waals surface area (Å²) in [6, 6.07) is 14.8. The van der Waals surface area contributed by atoms with Crippen molar-refractivity contribution < 1.29 is 13.9 Å². The summed E-state index contributed by atoms with van der Waals surface area (Å²) in [6.07, 6.45) is 0.907. The van der Waals surface area contributed by atoms with Crippen molar-refractivity contribution in [1.82, 2.24) is 0 Å². The maximum Gasteiger partial charge on any atom is 0.205 e. The van der Waals surface area contributed by atoms with Crippen molar-refractivity contribution in [3.63, 3.8) is 0 Å². The number of nitrogens with two attached hydrogens (primary N) is 1. The van der Waals surface area contributed by atoms with E-state index >= 15 is 0 Å². The van der Waals surface area contributed by atoms with Crippen molar-refractivity contribution >= 4 is 5.78 Å². The minimum absolute atomic E-state index is 0.00266. The zero-order valence-electron chi connectivity index (χ0n) is 16.2. The van der Waals surface area contributed by atoms with Gasteiger partial charge in [-0.1, -0.05) is 26.0 Å². The minimum Gasteiger partial charge on any atom is -0.460 e. The van der Waals surface area contributed by atoms with Gasteiger partial charge in [-0.3, -0.25) is 4.79 Å². The van der Waals surface area contributed by atoms with Gasteiger partial charge in [0.05, 0.1) is 17.6 Å². The zero-order valence-corrected chi connectivity index (χ0v) is 16.2. The van der Waals surface area contributed by atoms with Gasteiger partial charge in [-0.25, -0.2) is 0 Å². The van der Waals surface area contributed by atoms with Crippen molar-refractivity contribution in [3.8, 4) is 23.5 Å². The molecule has 0 amide bonds. The van der Waals surface area contributed by atoms with Gasteiger partial charge >= 0.3 is 0 Å². The Hall–Kier alpha value is -3.77. The number of furan rings is 1. The topological polar surface area (TPSA) is 113 Å². The molecule has 0 radical (unpaired) electrons. The van der Waals surface area contributed by atoms with E-state index in [9.17, 15) is 15.3 Å². The van der Waals surface area contributed by atoms with Crippen molar-refractivity contribution in [3.05, 3.63) is 70.5 Å². The van der Waals surface area contributed by atoms with Gasteiger partial charge in [0.25, 0.3) is 0 Å². The molecule has 0 fully saturated rings. The summed E-state index contributed by atoms with van der Waals surface area (Å²) in [7, 11) is 0. The predicted molar refractivity (Wildman–Crippen MR) is 105 cm³/mol. The van der Waals surface area contributed by atoms with Crippen LogP contribution < -0.4 is 5.73 Å². The number of nitriles is 2. The molecule has 0 spiro atoms. The lowest BCUT2D eigenvalue weighted by Gasteiger charge is -2.36. The van der Waals surface area contributed by atoms with E-state index in [4.69, 9.17) is 14.9 Å². The smallest absolute Gasteiger partial charge is 0.205 e. The van der Waals surface area contributed by atoms with E-state index in [1.54, 1.807) is 30.3 Å². The largest absolute Gasteiger partial charge is 0.460 e. The Bertz CT molecular complexity index is 1170. The van der Waals surface area contributed by atoms with Crippen LogP contribution in [0.5, 0.6) is 0 Å². The quantitative estimate of drug-likeness (QED) is 0.826. The number of nitrogens with zero attached hydrogens (tertiary/aromatic N) is 2. The molecule has 2 heterocycles. The number of hydrogen-bond acceptors (Lipinski definition) is 6. The summed E-state index contributed by atoms with van der Waals surface area (Å²) >= 11 is 0. The first-order valence-corrected chi connectivity index (χ1v) is 9.27. The Balaban J connectivity index is 1.84. The molecule has 0 saturated heterocycles. The first kappa shape index (κ1) is 18.6. The molecule has 2 aliphatic rings. The second-order valence-corrected chi connectivity index (χ2v) is 8.06. The van der Waals surface area contributed by atoms with Crippen molar-refractivity contribution in [1.29, 1.82) is 10.5 Å². The molecule has 2 aromatic rings. The lowest BCUT2D eigenvalue weighted by Crippen LogP contribution is -2.33. The van der Waals surface area contributed by atoms with Crippen molar-refractivity contribution in [2.75, 3.05) is 0 Å². The van der Waals surface area contributed by atoms with Gasteiger partial charge in [0.1, 0.15) is 28.9 Å². The van der Waals surface area contributed by atoms with Crippen molar-refractivity contribution in [2.45, 2.75) is 32.6 Å². The third kappa shape index (κ3) is 3.09. The number of allylic oxidation sites excluding steroid dienone is 3. The molecule has 6 heteroatoms. The molecule has 1 aromatic heterocycles. The highest BCUT2D eigenvalue weighted by molar-refractivity contribution is 5.99. The number of rotatable bonds is 2. The highest BCUT2D eigenvalue weighted by Crippen LogP contribution is 2.48. The third-order valence-corrected chi connectivity index (χ3v) is 5.30. The lowest BCUT2D eigenvalue weighted by atomic mass is 9.71. The standard InChI is InChI=1S/C23H19N3O3/c1-23(2)9-16(27)21-19(10-23)29-22(26)15(12-25)20(21)18-8-7-17(28-18)14-6-4-3-5-13(14)11-24/h3-8,20H,9-10,26H2,1-2H3/t20-/m1/s1. The molecular weight excluding hydrogens is 366 g/mol. The fourth-order valence-electron chi connectivity index (χ4n) is 4.02. The molecule has 0 saturated carbocycles. The molecule has 2 N–H and O–H groups in total. The Morgan fingerprint density at radius 1 is 1.10 bits per heavy atom. The maximum absolute atomic E-state index is 13.0. The Labute approximate surface area is 168 Å². The summed E-state index contributed by atoms with van der Waals surface area (Å²) < 4.78 is 11.7. The summed E-state index contributed by atoms with van der Waals surface area (Å²) in [6.45, 7) is 3.99. The summed E-state index contributed by atoms with van der Waals surface area (Å²) in [5.41, 5.74) is 7.50. The van der Waals surface area contributed by atoms with Crippen LogP contribution in [0.4, 0.5) is 0 Å². The van der Waals surface area contributed by atoms with E-state index < -0.39 is 5.92 Å². The van der Waals surface area contributed by atoms with E-state index in [0.29, 0.717) is 46.8 Å². The van der Waals surface area contributed by atoms with Crippen LogP contribution in [0.1, 0.15) is 43.9 Å². The van der Waals surface area contributed by atoms with Crippen LogP contribution >= 0.6 is 0 Å². The molecule has 6 nitrogen and oxygen atoms in total. The van der Waals surface area contributed by atoms with Crippen molar-refractivity contribution in [2.24, 2.45) is 11.1 Å². The number of hydrogen-bond donors (Lipinski definition) is 1. The number of carbonyl (C=O) groups excluding carboxylic acids is 1. The molecule has 144 valence electrons. The first-order valence-electron chi connectivity index (χ1n) is 9.27. The molecule has 1 aromatic carbocycles. The Morgan fingerprint density at radius 3 is 2.59 bits per heavy atom. The highest BCUT2D eigenvalue weighted by atomic mass is 16.5. The Morgan fingerprint density at radius 2 is 1.86 bits per heavy atom. The number of Topliss-reactive ketones (excluding diaryl/α,β-unsaturated/α-hetero) is 1. The lowest BCUT2D eigenvalue weighted by molar-refractivity contribution is -0.119. The second kappa shape index (κ2) is 6.68. The Kier molecular flexibility index (Phi) is 4.28. The predicted octanol–water partition coefficient (Wildman–Crippen LogP) is 4.27. The van der Waals surface area contributed by atoms with Crippen LogP contribution in [-0.4, -0.2) is 5.78 Å². The van der Waals surface area contributed by atoms with Gasteiger partial charge in [-0.15, -0.1) is 0 Å². The van der Waals surface area contributed by atoms with Crippen LogP contribution in [0, 0.1) is 28.1 Å². The van der Waals surface area contributed by atoms with E-state index in [0.717, 1.165) is 0 Å². The van der Waals surface area contributed by atoms with Gasteiger partial charge in [-0.2, -0.15) is 10.5 Å².